The van der Waals surface area contributed by atoms with Crippen LogP contribution in [-0.2, 0) is 5.41 Å². The molecule has 55 heavy (non-hydrogen) atoms. The lowest BCUT2D eigenvalue weighted by molar-refractivity contribution is 0.669. The lowest BCUT2D eigenvalue weighted by Crippen LogP contribution is -2.26. The van der Waals surface area contributed by atoms with Crippen molar-refractivity contribution in [2.24, 2.45) is 0 Å². The number of benzene rings is 9. The van der Waals surface area contributed by atoms with Crippen LogP contribution in [0.15, 0.2) is 205 Å². The van der Waals surface area contributed by atoms with E-state index in [2.05, 4.69) is 193 Å². The SMILES string of the molecule is c1ccc(-c2ccc(N(c3ccc4c(c3)C3(c5ccccc5-c5ccccc53)c3ccc5ccccc5c3-4)c3ccc4oc5ccccc5c4c3)cc2)cc1. The van der Waals surface area contributed by atoms with Gasteiger partial charge < -0.3 is 9.32 Å². The van der Waals surface area contributed by atoms with Crippen molar-refractivity contribution < 1.29 is 4.42 Å². The van der Waals surface area contributed by atoms with E-state index in [-0.39, 0.29) is 0 Å². The Labute approximate surface area is 319 Å². The van der Waals surface area contributed by atoms with Gasteiger partial charge in [-0.2, -0.15) is 0 Å². The fourth-order valence-electron chi connectivity index (χ4n) is 9.77. The van der Waals surface area contributed by atoms with Crippen molar-refractivity contribution in [1.82, 2.24) is 0 Å². The summed E-state index contributed by atoms with van der Waals surface area (Å²) in [5.74, 6) is 0. The van der Waals surface area contributed by atoms with Crippen LogP contribution in [0.2, 0.25) is 0 Å². The van der Waals surface area contributed by atoms with Crippen LogP contribution >= 0.6 is 0 Å². The van der Waals surface area contributed by atoms with Gasteiger partial charge in [0.15, 0.2) is 0 Å². The molecule has 2 aliphatic carbocycles. The molecule has 0 saturated carbocycles. The molecule has 0 unspecified atom stereocenters. The molecule has 2 heteroatoms. The second-order valence-electron chi connectivity index (χ2n) is 14.8. The highest BCUT2D eigenvalue weighted by Crippen LogP contribution is 2.64. The number of anilines is 3. The zero-order valence-corrected chi connectivity index (χ0v) is 29.9. The number of rotatable bonds is 4. The van der Waals surface area contributed by atoms with Crippen molar-refractivity contribution in [3.05, 3.63) is 222 Å². The van der Waals surface area contributed by atoms with Crippen LogP contribution in [0, 0.1) is 0 Å². The van der Waals surface area contributed by atoms with Gasteiger partial charge in [0, 0.05) is 27.8 Å². The quantitative estimate of drug-likeness (QED) is 0.182. The van der Waals surface area contributed by atoms with Gasteiger partial charge >= 0.3 is 0 Å². The molecule has 256 valence electrons. The first-order chi connectivity index (χ1) is 27.3. The Bertz CT molecular complexity index is 3110. The molecule has 0 radical (unpaired) electrons. The van der Waals surface area contributed by atoms with Gasteiger partial charge in [0.1, 0.15) is 11.2 Å². The van der Waals surface area contributed by atoms with Crippen molar-refractivity contribution in [2.75, 3.05) is 4.90 Å². The minimum absolute atomic E-state index is 0.467. The molecule has 0 fully saturated rings. The summed E-state index contributed by atoms with van der Waals surface area (Å²) in [6, 6.07) is 73.4. The summed E-state index contributed by atoms with van der Waals surface area (Å²) in [7, 11) is 0. The van der Waals surface area contributed by atoms with Crippen LogP contribution in [0.5, 0.6) is 0 Å². The van der Waals surface area contributed by atoms with E-state index in [1.807, 2.05) is 12.1 Å². The Hall–Kier alpha value is -7.16. The van der Waals surface area contributed by atoms with E-state index in [0.29, 0.717) is 0 Å². The first kappa shape index (κ1) is 30.3. The average molecular weight is 700 g/mol. The molecule has 0 aliphatic heterocycles. The molecule has 2 aliphatic rings. The minimum Gasteiger partial charge on any atom is -0.456 e. The largest absolute Gasteiger partial charge is 0.456 e. The second-order valence-corrected chi connectivity index (χ2v) is 14.8. The summed E-state index contributed by atoms with van der Waals surface area (Å²) >= 11 is 0. The third-order valence-electron chi connectivity index (χ3n) is 12.1. The Morgan fingerprint density at radius 2 is 0.945 bits per heavy atom. The highest BCUT2D eigenvalue weighted by atomic mass is 16.3. The van der Waals surface area contributed by atoms with Crippen molar-refractivity contribution in [3.63, 3.8) is 0 Å². The van der Waals surface area contributed by atoms with Crippen LogP contribution in [0.3, 0.4) is 0 Å². The molecule has 10 aromatic rings. The average Bonchev–Trinajstić information content (AvgIpc) is 3.88. The molecule has 0 N–H and O–H groups in total. The fourth-order valence-corrected chi connectivity index (χ4v) is 9.77. The topological polar surface area (TPSA) is 16.4 Å². The maximum Gasteiger partial charge on any atom is 0.135 e. The van der Waals surface area contributed by atoms with Gasteiger partial charge in [0.25, 0.3) is 0 Å². The Morgan fingerprint density at radius 3 is 1.75 bits per heavy atom. The molecule has 9 aromatic carbocycles. The minimum atomic E-state index is -0.467. The van der Waals surface area contributed by atoms with E-state index in [9.17, 15) is 0 Å². The zero-order valence-electron chi connectivity index (χ0n) is 29.9. The van der Waals surface area contributed by atoms with Crippen molar-refractivity contribution in [1.29, 1.82) is 0 Å². The van der Waals surface area contributed by atoms with Gasteiger partial charge in [-0.15, -0.1) is 0 Å². The normalized spacial score (nSPS) is 13.2. The van der Waals surface area contributed by atoms with E-state index in [0.717, 1.165) is 39.0 Å². The lowest BCUT2D eigenvalue weighted by Gasteiger charge is -2.32. The number of para-hydroxylation sites is 1. The molecule has 1 heterocycles. The van der Waals surface area contributed by atoms with Gasteiger partial charge in [-0.05, 0) is 115 Å². The van der Waals surface area contributed by atoms with E-state index in [4.69, 9.17) is 4.42 Å². The number of hydrogen-bond acceptors (Lipinski definition) is 2. The summed E-state index contributed by atoms with van der Waals surface area (Å²) in [5, 5.41) is 4.77. The smallest absolute Gasteiger partial charge is 0.135 e. The number of fused-ring (bicyclic) bond motifs is 15. The molecule has 0 saturated heterocycles. The van der Waals surface area contributed by atoms with Crippen LogP contribution in [0.4, 0.5) is 17.1 Å². The van der Waals surface area contributed by atoms with Crippen LogP contribution < -0.4 is 4.90 Å². The monoisotopic (exact) mass is 699 g/mol. The summed E-state index contributed by atoms with van der Waals surface area (Å²) in [4.78, 5) is 2.41. The molecule has 0 atom stereocenters. The Kier molecular flexibility index (Phi) is 6.29. The predicted octanol–water partition coefficient (Wildman–Crippen LogP) is 14.2. The van der Waals surface area contributed by atoms with Crippen LogP contribution in [0.1, 0.15) is 22.3 Å². The molecular weight excluding hydrogens is 667 g/mol. The number of nitrogens with zero attached hydrogens (tertiary/aromatic N) is 1. The summed E-state index contributed by atoms with van der Waals surface area (Å²) in [6.45, 7) is 0. The van der Waals surface area contributed by atoms with E-state index >= 15 is 0 Å². The molecule has 1 aromatic heterocycles. The molecule has 0 amide bonds. The predicted molar refractivity (Wildman–Crippen MR) is 228 cm³/mol. The molecule has 12 rings (SSSR count). The molecule has 2 nitrogen and oxygen atoms in total. The lowest BCUT2D eigenvalue weighted by atomic mass is 9.70. The van der Waals surface area contributed by atoms with E-state index in [1.165, 1.54) is 66.4 Å². The standard InChI is InChI=1S/C53H33NO/c1-2-12-34(13-3-1)35-22-25-37(26-23-35)54(38-28-31-51-45(32-38)43-18-8-11-21-50(43)55-51)39-27-29-44-49(33-39)53(48-30-24-36-14-4-5-15-40(36)52(44)48)46-19-9-6-16-41(46)42-17-7-10-20-47(42)53/h1-33H. The Morgan fingerprint density at radius 1 is 0.345 bits per heavy atom. The van der Waals surface area contributed by atoms with Gasteiger partial charge in [-0.1, -0.05) is 152 Å². The second kappa shape index (κ2) is 11.4. The molecular formula is C53H33NO. The number of hydrogen-bond donors (Lipinski definition) is 0. The summed E-state index contributed by atoms with van der Waals surface area (Å²) in [6.07, 6.45) is 0. The van der Waals surface area contributed by atoms with Gasteiger partial charge in [-0.25, -0.2) is 0 Å². The zero-order chi connectivity index (χ0) is 36.1. The van der Waals surface area contributed by atoms with Crippen LogP contribution in [0.25, 0.3) is 66.1 Å². The first-order valence-electron chi connectivity index (χ1n) is 19.0. The fraction of sp³-hybridized carbons (Fsp3) is 0.0189. The van der Waals surface area contributed by atoms with E-state index < -0.39 is 5.41 Å². The van der Waals surface area contributed by atoms with Crippen molar-refractivity contribution in [3.8, 4) is 33.4 Å². The Balaban J connectivity index is 1.14. The van der Waals surface area contributed by atoms with Crippen molar-refractivity contribution in [2.45, 2.75) is 5.41 Å². The van der Waals surface area contributed by atoms with E-state index in [1.54, 1.807) is 0 Å². The highest BCUT2D eigenvalue weighted by Gasteiger charge is 2.52. The van der Waals surface area contributed by atoms with Crippen LogP contribution in [-0.4, -0.2) is 0 Å². The van der Waals surface area contributed by atoms with Crippen molar-refractivity contribution >= 4 is 49.8 Å². The third-order valence-corrected chi connectivity index (χ3v) is 12.1. The van der Waals surface area contributed by atoms with Gasteiger partial charge in [0.05, 0.1) is 5.41 Å². The molecule has 0 bridgehead atoms. The van der Waals surface area contributed by atoms with Gasteiger partial charge in [-0.3, -0.25) is 0 Å². The van der Waals surface area contributed by atoms with Gasteiger partial charge in [0.2, 0.25) is 0 Å². The summed E-state index contributed by atoms with van der Waals surface area (Å²) in [5.41, 5.74) is 17.6. The highest BCUT2D eigenvalue weighted by molar-refractivity contribution is 6.08. The third kappa shape index (κ3) is 4.19. The maximum atomic E-state index is 6.31. The first-order valence-corrected chi connectivity index (χ1v) is 19.0. The summed E-state index contributed by atoms with van der Waals surface area (Å²) < 4.78 is 6.31. The maximum absolute atomic E-state index is 6.31. The molecule has 1 spiro atoms. The number of furan rings is 1.